The molecular formula is C30H34Cl2N2O2. The lowest BCUT2D eigenvalue weighted by molar-refractivity contribution is -0.141. The van der Waals surface area contributed by atoms with Crippen molar-refractivity contribution in [3.8, 4) is 0 Å². The topological polar surface area (TPSA) is 49.4 Å². The lowest BCUT2D eigenvalue weighted by atomic mass is 9.88. The molecular weight excluding hydrogens is 491 g/mol. The number of hydrogen-bond acceptors (Lipinski definition) is 2. The summed E-state index contributed by atoms with van der Waals surface area (Å²) in [6.07, 6.45) is 2.60. The summed E-state index contributed by atoms with van der Waals surface area (Å²) in [5.74, 6) is -0.375. The average molecular weight is 526 g/mol. The maximum atomic E-state index is 14.0. The molecule has 36 heavy (non-hydrogen) atoms. The summed E-state index contributed by atoms with van der Waals surface area (Å²) in [5, 5.41) is 4.01. The molecule has 4 nitrogen and oxygen atoms in total. The first-order chi connectivity index (χ1) is 17.4. The molecule has 2 amide bonds. The van der Waals surface area contributed by atoms with Gasteiger partial charge in [-0.3, -0.25) is 9.59 Å². The Morgan fingerprint density at radius 3 is 2.03 bits per heavy atom. The van der Waals surface area contributed by atoms with Gasteiger partial charge in [-0.15, -0.1) is 0 Å². The van der Waals surface area contributed by atoms with E-state index >= 15 is 0 Å². The zero-order valence-electron chi connectivity index (χ0n) is 20.9. The van der Waals surface area contributed by atoms with Gasteiger partial charge in [0.2, 0.25) is 11.8 Å². The van der Waals surface area contributed by atoms with Crippen molar-refractivity contribution in [3.05, 3.63) is 106 Å². The van der Waals surface area contributed by atoms with Crippen LogP contribution in [0, 0.1) is 0 Å². The van der Waals surface area contributed by atoms with E-state index in [4.69, 9.17) is 23.2 Å². The van der Waals surface area contributed by atoms with Crippen LogP contribution in [0.1, 0.15) is 62.1 Å². The van der Waals surface area contributed by atoms with E-state index in [1.807, 2.05) is 73.7 Å². The second-order valence-electron chi connectivity index (χ2n) is 8.90. The van der Waals surface area contributed by atoms with Gasteiger partial charge in [-0.1, -0.05) is 110 Å². The highest BCUT2D eigenvalue weighted by Crippen LogP contribution is 2.30. The van der Waals surface area contributed by atoms with Gasteiger partial charge in [0, 0.05) is 35.5 Å². The van der Waals surface area contributed by atoms with E-state index in [2.05, 4.69) is 12.2 Å². The molecule has 0 unspecified atom stereocenters. The van der Waals surface area contributed by atoms with Crippen LogP contribution in [0.15, 0.2) is 78.9 Å². The highest BCUT2D eigenvalue weighted by atomic mass is 35.5. The minimum atomic E-state index is -0.603. The van der Waals surface area contributed by atoms with Crippen molar-refractivity contribution in [1.29, 1.82) is 0 Å². The smallest absolute Gasteiger partial charge is 0.242 e. The molecule has 1 N–H and O–H groups in total. The first-order valence-corrected chi connectivity index (χ1v) is 13.3. The molecule has 0 aliphatic carbocycles. The van der Waals surface area contributed by atoms with Crippen LogP contribution in [0.4, 0.5) is 0 Å². The number of nitrogens with one attached hydrogen (secondary N) is 1. The van der Waals surface area contributed by atoms with Crippen LogP contribution in [0.3, 0.4) is 0 Å². The Hall–Kier alpha value is -2.82. The molecule has 0 saturated heterocycles. The Morgan fingerprint density at radius 1 is 0.889 bits per heavy atom. The minimum Gasteiger partial charge on any atom is -0.354 e. The van der Waals surface area contributed by atoms with E-state index < -0.39 is 6.04 Å². The summed E-state index contributed by atoms with van der Waals surface area (Å²) in [5.41, 5.74) is 2.87. The highest BCUT2D eigenvalue weighted by Gasteiger charge is 2.31. The van der Waals surface area contributed by atoms with E-state index in [0.29, 0.717) is 23.0 Å². The van der Waals surface area contributed by atoms with Crippen LogP contribution >= 0.6 is 23.2 Å². The molecule has 0 heterocycles. The molecule has 3 aromatic rings. The van der Waals surface area contributed by atoms with Gasteiger partial charge in [0.15, 0.2) is 0 Å². The molecule has 0 aromatic heterocycles. The first kappa shape index (κ1) is 27.8. The number of halogens is 2. The summed E-state index contributed by atoms with van der Waals surface area (Å²) >= 11 is 12.6. The van der Waals surface area contributed by atoms with E-state index in [1.54, 1.807) is 17.0 Å². The van der Waals surface area contributed by atoms with Crippen LogP contribution in [-0.2, 0) is 16.1 Å². The predicted molar refractivity (Wildman–Crippen MR) is 148 cm³/mol. The van der Waals surface area contributed by atoms with E-state index in [9.17, 15) is 9.59 Å². The van der Waals surface area contributed by atoms with E-state index in [-0.39, 0.29) is 30.7 Å². The highest BCUT2D eigenvalue weighted by molar-refractivity contribution is 6.35. The largest absolute Gasteiger partial charge is 0.354 e. The average Bonchev–Trinajstić information content (AvgIpc) is 2.89. The summed E-state index contributed by atoms with van der Waals surface area (Å²) in [4.78, 5) is 28.9. The van der Waals surface area contributed by atoms with Gasteiger partial charge in [0.25, 0.3) is 0 Å². The van der Waals surface area contributed by atoms with Gasteiger partial charge < -0.3 is 10.2 Å². The first-order valence-electron chi connectivity index (χ1n) is 12.6. The van der Waals surface area contributed by atoms with Gasteiger partial charge in [0.1, 0.15) is 6.04 Å². The maximum Gasteiger partial charge on any atom is 0.242 e. The summed E-state index contributed by atoms with van der Waals surface area (Å²) in [6.45, 7) is 4.83. The summed E-state index contributed by atoms with van der Waals surface area (Å²) in [7, 11) is 0. The number of amides is 2. The van der Waals surface area contributed by atoms with E-state index in [0.717, 1.165) is 29.5 Å². The molecule has 0 bridgehead atoms. The maximum absolute atomic E-state index is 14.0. The zero-order valence-corrected chi connectivity index (χ0v) is 22.4. The molecule has 0 saturated carbocycles. The lowest BCUT2D eigenvalue weighted by Gasteiger charge is -2.32. The molecule has 0 radical (unpaired) electrons. The van der Waals surface area contributed by atoms with Crippen molar-refractivity contribution in [2.45, 2.75) is 58.0 Å². The van der Waals surface area contributed by atoms with Crippen LogP contribution in [0.5, 0.6) is 0 Å². The van der Waals surface area contributed by atoms with E-state index in [1.165, 1.54) is 0 Å². The normalized spacial score (nSPS) is 11.8. The van der Waals surface area contributed by atoms with Crippen molar-refractivity contribution in [3.63, 3.8) is 0 Å². The van der Waals surface area contributed by atoms with Crippen molar-refractivity contribution in [2.75, 3.05) is 6.54 Å². The Kier molecular flexibility index (Phi) is 10.8. The Balaban J connectivity index is 1.95. The van der Waals surface area contributed by atoms with Crippen LogP contribution in [0.2, 0.25) is 10.0 Å². The Labute approximate surface area is 224 Å². The van der Waals surface area contributed by atoms with Crippen LogP contribution in [0.25, 0.3) is 0 Å². The number of nitrogens with zero attached hydrogens (tertiary/aromatic N) is 1. The second kappa shape index (κ2) is 14.1. The monoisotopic (exact) mass is 524 g/mol. The molecule has 3 rings (SSSR count). The summed E-state index contributed by atoms with van der Waals surface area (Å²) in [6, 6.07) is 24.7. The number of rotatable bonds is 12. The number of benzene rings is 3. The molecule has 0 aliphatic heterocycles. The van der Waals surface area contributed by atoms with Gasteiger partial charge in [-0.25, -0.2) is 0 Å². The number of carbonyl (C=O) groups is 2. The lowest BCUT2D eigenvalue weighted by Crippen LogP contribution is -2.49. The fourth-order valence-corrected chi connectivity index (χ4v) is 4.82. The molecule has 3 aromatic carbocycles. The molecule has 190 valence electrons. The van der Waals surface area contributed by atoms with Gasteiger partial charge in [-0.05, 0) is 41.7 Å². The summed E-state index contributed by atoms with van der Waals surface area (Å²) < 4.78 is 0. The third-order valence-corrected chi connectivity index (χ3v) is 6.94. The van der Waals surface area contributed by atoms with Crippen molar-refractivity contribution in [1.82, 2.24) is 10.2 Å². The SMILES string of the molecule is CCCCNC(=O)[C@H](CC)N(Cc1ccc(Cl)cc1Cl)C(=O)CC(c1ccccc1)c1ccccc1. The van der Waals surface area contributed by atoms with Crippen molar-refractivity contribution in [2.24, 2.45) is 0 Å². The molecule has 6 heteroatoms. The molecule has 0 aliphatic rings. The molecule has 0 fully saturated rings. The molecule has 0 spiro atoms. The number of hydrogen-bond donors (Lipinski definition) is 1. The van der Waals surface area contributed by atoms with Crippen LogP contribution < -0.4 is 5.32 Å². The third-order valence-electron chi connectivity index (χ3n) is 6.35. The Bertz CT molecular complexity index is 1080. The number of carbonyl (C=O) groups excluding carboxylic acids is 2. The van der Waals surface area contributed by atoms with Crippen LogP contribution in [-0.4, -0.2) is 29.3 Å². The van der Waals surface area contributed by atoms with Gasteiger partial charge >= 0.3 is 0 Å². The van der Waals surface area contributed by atoms with Gasteiger partial charge in [0.05, 0.1) is 0 Å². The van der Waals surface area contributed by atoms with Crippen molar-refractivity contribution >= 4 is 35.0 Å². The Morgan fingerprint density at radius 2 is 1.50 bits per heavy atom. The fraction of sp³-hybridized carbons (Fsp3) is 0.333. The predicted octanol–water partition coefficient (Wildman–Crippen LogP) is 7.24. The van der Waals surface area contributed by atoms with Crippen molar-refractivity contribution < 1.29 is 9.59 Å². The quantitative estimate of drug-likeness (QED) is 0.254. The third kappa shape index (κ3) is 7.59. The zero-order chi connectivity index (χ0) is 25.9. The standard InChI is InChI=1S/C30H34Cl2N2O2/c1-3-5-18-33-30(36)28(4-2)34(21-24-16-17-25(31)19-27(24)32)29(35)20-26(22-12-8-6-9-13-22)23-14-10-7-11-15-23/h6-17,19,26,28H,3-5,18,20-21H2,1-2H3,(H,33,36)/t28-/m0/s1. The number of unbranched alkanes of at least 4 members (excludes halogenated alkanes) is 1. The second-order valence-corrected chi connectivity index (χ2v) is 9.75. The van der Waals surface area contributed by atoms with Gasteiger partial charge in [-0.2, -0.15) is 0 Å². The fourth-order valence-electron chi connectivity index (χ4n) is 4.35. The minimum absolute atomic E-state index is 0.101. The molecule has 1 atom stereocenters.